The molecule has 6 heteroatoms. The van der Waals surface area contributed by atoms with E-state index in [1.54, 1.807) is 11.3 Å². The molecule has 4 aromatic rings. The van der Waals surface area contributed by atoms with Gasteiger partial charge in [0.25, 0.3) is 5.89 Å². The summed E-state index contributed by atoms with van der Waals surface area (Å²) >= 11 is 7.68. The quantitative estimate of drug-likeness (QED) is 0.540. The third-order valence-electron chi connectivity index (χ3n) is 4.09. The van der Waals surface area contributed by atoms with E-state index in [0.29, 0.717) is 23.3 Å². The van der Waals surface area contributed by atoms with Gasteiger partial charge in [-0.25, -0.2) is 0 Å². The van der Waals surface area contributed by atoms with Gasteiger partial charge in [-0.15, -0.1) is 21.5 Å². The predicted octanol–water partition coefficient (Wildman–Crippen LogP) is 4.30. The van der Waals surface area contributed by atoms with E-state index < -0.39 is 0 Å². The largest absolute Gasteiger partial charge is 0.415 e. The Bertz CT molecular complexity index is 952. The van der Waals surface area contributed by atoms with Gasteiger partial charge < -0.3 is 9.73 Å². The topological polar surface area (TPSA) is 55.5 Å². The van der Waals surface area contributed by atoms with Crippen molar-refractivity contribution < 1.29 is 9.73 Å². The molecule has 2 N–H and O–H groups in total. The van der Waals surface area contributed by atoms with Gasteiger partial charge >= 0.3 is 0 Å². The molecule has 0 aliphatic carbocycles. The first-order chi connectivity index (χ1) is 12.8. The van der Waals surface area contributed by atoms with E-state index in [4.69, 9.17) is 16.0 Å². The minimum absolute atomic E-state index is 0.210. The maximum absolute atomic E-state index is 5.93. The lowest BCUT2D eigenvalue weighted by Gasteiger charge is -2.13. The van der Waals surface area contributed by atoms with Crippen molar-refractivity contribution >= 4 is 22.9 Å². The number of aromatic nitrogens is 2. The van der Waals surface area contributed by atoms with Crippen LogP contribution in [0.25, 0.3) is 11.5 Å². The summed E-state index contributed by atoms with van der Waals surface area (Å²) < 4.78 is 5.82. The van der Waals surface area contributed by atoms with Crippen molar-refractivity contribution in [2.24, 2.45) is 0 Å². The summed E-state index contributed by atoms with van der Waals surface area (Å²) in [7, 11) is 0. The molecule has 2 aromatic heterocycles. The summed E-state index contributed by atoms with van der Waals surface area (Å²) in [4.78, 5) is 1.30. The number of nitrogens with two attached hydrogens (primary N) is 1. The van der Waals surface area contributed by atoms with Crippen LogP contribution in [0.3, 0.4) is 0 Å². The Morgan fingerprint density at radius 1 is 0.962 bits per heavy atom. The van der Waals surface area contributed by atoms with E-state index in [9.17, 15) is 0 Å². The smallest absolute Gasteiger partial charge is 0.271 e. The molecule has 1 atom stereocenters. The Kier molecular flexibility index (Phi) is 5.11. The summed E-state index contributed by atoms with van der Waals surface area (Å²) in [5, 5.41) is 13.3. The van der Waals surface area contributed by atoms with Crippen LogP contribution in [0.15, 0.2) is 76.5 Å². The fraction of sp³-hybridized carbons (Fsp3) is 0.100. The van der Waals surface area contributed by atoms with Gasteiger partial charge in [0.05, 0.1) is 4.88 Å². The van der Waals surface area contributed by atoms with Gasteiger partial charge in [0.2, 0.25) is 5.89 Å². The number of benzene rings is 2. The molecule has 0 bridgehead atoms. The molecule has 26 heavy (non-hydrogen) atoms. The molecule has 0 spiro atoms. The zero-order chi connectivity index (χ0) is 17.8. The molecule has 2 aromatic carbocycles. The molecule has 0 amide bonds. The zero-order valence-electron chi connectivity index (χ0n) is 13.9. The van der Waals surface area contributed by atoms with E-state index in [2.05, 4.69) is 57.3 Å². The normalized spacial score (nSPS) is 12.2. The van der Waals surface area contributed by atoms with E-state index in [1.807, 2.05) is 30.3 Å². The lowest BCUT2D eigenvalue weighted by atomic mass is 10.1. The van der Waals surface area contributed by atoms with Crippen molar-refractivity contribution in [1.29, 1.82) is 0 Å². The molecule has 0 unspecified atom stereocenters. The predicted molar refractivity (Wildman–Crippen MR) is 103 cm³/mol. The molecule has 0 aliphatic heterocycles. The Balaban J connectivity index is 1.51. The molecule has 0 saturated heterocycles. The lowest BCUT2D eigenvalue weighted by molar-refractivity contribution is -0.703. The Hall–Kier alpha value is -2.47. The van der Waals surface area contributed by atoms with Crippen LogP contribution in [0, 0.1) is 0 Å². The van der Waals surface area contributed by atoms with Crippen molar-refractivity contribution in [1.82, 2.24) is 10.2 Å². The van der Waals surface area contributed by atoms with Crippen LogP contribution in [0.1, 0.15) is 22.4 Å². The van der Waals surface area contributed by atoms with Gasteiger partial charge in [-0.2, -0.15) is 0 Å². The average Bonchev–Trinajstić information content (AvgIpc) is 3.36. The first kappa shape index (κ1) is 17.0. The SMILES string of the molecule is Clc1ccc(-c2nnc(C[NH2+][C@@H](c3ccccc3)c3cccs3)o2)cc1. The number of rotatable bonds is 6. The van der Waals surface area contributed by atoms with Crippen LogP contribution >= 0.6 is 22.9 Å². The molecular formula is C20H17ClN3OS+. The second kappa shape index (κ2) is 7.83. The maximum atomic E-state index is 5.93. The van der Waals surface area contributed by atoms with Gasteiger partial charge in [0.15, 0.2) is 6.54 Å². The minimum atomic E-state index is 0.210. The van der Waals surface area contributed by atoms with E-state index in [1.165, 1.54) is 10.4 Å². The summed E-state index contributed by atoms with van der Waals surface area (Å²) in [6.45, 7) is 0.609. The molecule has 0 saturated carbocycles. The van der Waals surface area contributed by atoms with E-state index in [0.717, 1.165) is 5.56 Å². The molecular weight excluding hydrogens is 366 g/mol. The molecule has 0 aliphatic rings. The van der Waals surface area contributed by atoms with Crippen molar-refractivity contribution in [3.63, 3.8) is 0 Å². The van der Waals surface area contributed by atoms with Crippen molar-refractivity contribution in [2.75, 3.05) is 0 Å². The van der Waals surface area contributed by atoms with Gasteiger partial charge in [-0.1, -0.05) is 48.0 Å². The molecule has 0 fully saturated rings. The number of halogens is 1. The monoisotopic (exact) mass is 382 g/mol. The van der Waals surface area contributed by atoms with Gasteiger partial charge in [-0.05, 0) is 35.7 Å². The molecule has 130 valence electrons. The van der Waals surface area contributed by atoms with Crippen LogP contribution in [0.4, 0.5) is 0 Å². The van der Waals surface area contributed by atoms with Gasteiger partial charge in [0, 0.05) is 16.1 Å². The van der Waals surface area contributed by atoms with Crippen LogP contribution in [0.2, 0.25) is 5.02 Å². The first-order valence-electron chi connectivity index (χ1n) is 8.29. The Morgan fingerprint density at radius 2 is 1.77 bits per heavy atom. The standard InChI is InChI=1S/C20H16ClN3OS/c21-16-10-8-15(9-11-16)20-24-23-18(25-20)13-22-19(17-7-4-12-26-17)14-5-2-1-3-6-14/h1-12,19,22H,13H2/p+1/t19-/m0/s1. The lowest BCUT2D eigenvalue weighted by Crippen LogP contribution is -2.83. The minimum Gasteiger partial charge on any atom is -0.415 e. The van der Waals surface area contributed by atoms with E-state index >= 15 is 0 Å². The number of hydrogen-bond donors (Lipinski definition) is 1. The number of quaternary nitrogens is 1. The number of hydrogen-bond acceptors (Lipinski definition) is 4. The summed E-state index contributed by atoms with van der Waals surface area (Å²) in [5.74, 6) is 1.12. The summed E-state index contributed by atoms with van der Waals surface area (Å²) in [6.07, 6.45) is 0. The van der Waals surface area contributed by atoms with Crippen LogP contribution in [-0.4, -0.2) is 10.2 Å². The van der Waals surface area contributed by atoms with Crippen LogP contribution in [-0.2, 0) is 6.54 Å². The highest BCUT2D eigenvalue weighted by atomic mass is 35.5. The maximum Gasteiger partial charge on any atom is 0.271 e. The number of thiophene rings is 1. The van der Waals surface area contributed by atoms with Crippen LogP contribution in [0.5, 0.6) is 0 Å². The summed E-state index contributed by atoms with van der Waals surface area (Å²) in [5.41, 5.74) is 2.12. The van der Waals surface area contributed by atoms with Gasteiger partial charge in [0.1, 0.15) is 6.04 Å². The third kappa shape index (κ3) is 3.85. The fourth-order valence-electron chi connectivity index (χ4n) is 2.81. The first-order valence-corrected chi connectivity index (χ1v) is 9.55. The highest BCUT2D eigenvalue weighted by Crippen LogP contribution is 2.23. The number of nitrogens with zero attached hydrogens (tertiary/aromatic N) is 2. The zero-order valence-corrected chi connectivity index (χ0v) is 15.5. The van der Waals surface area contributed by atoms with E-state index in [-0.39, 0.29) is 6.04 Å². The van der Waals surface area contributed by atoms with Crippen molar-refractivity contribution in [2.45, 2.75) is 12.6 Å². The summed E-state index contributed by atoms with van der Waals surface area (Å²) in [6, 6.07) is 22.3. The van der Waals surface area contributed by atoms with Gasteiger partial charge in [-0.3, -0.25) is 0 Å². The van der Waals surface area contributed by atoms with Crippen molar-refractivity contribution in [3.05, 3.63) is 93.5 Å². The fourth-order valence-corrected chi connectivity index (χ4v) is 3.79. The Morgan fingerprint density at radius 3 is 2.50 bits per heavy atom. The molecule has 0 radical (unpaired) electrons. The molecule has 2 heterocycles. The second-order valence-electron chi connectivity index (χ2n) is 5.85. The molecule has 4 nitrogen and oxygen atoms in total. The average molecular weight is 383 g/mol. The van der Waals surface area contributed by atoms with Crippen LogP contribution < -0.4 is 5.32 Å². The Labute approximate surface area is 160 Å². The molecule has 4 rings (SSSR count). The second-order valence-corrected chi connectivity index (χ2v) is 7.27. The third-order valence-corrected chi connectivity index (χ3v) is 5.30. The highest BCUT2D eigenvalue weighted by molar-refractivity contribution is 7.10. The van der Waals surface area contributed by atoms with Crippen molar-refractivity contribution in [3.8, 4) is 11.5 Å². The highest BCUT2D eigenvalue weighted by Gasteiger charge is 2.20.